The Bertz CT molecular complexity index is 1290. The molecule has 3 saturated carbocycles. The molecule has 1 aromatic rings. The average Bonchev–Trinajstić information content (AvgIpc) is 2.89. The van der Waals surface area contributed by atoms with Crippen LogP contribution in [0.15, 0.2) is 43.0 Å². The molecular weight excluding hydrogens is 532 g/mol. The number of Topliss-reactive ketones (excluding diaryl/α,β-unsaturated/α-hetero) is 2. The summed E-state index contributed by atoms with van der Waals surface area (Å²) in [5, 5.41) is 24.0. The van der Waals surface area contributed by atoms with Crippen LogP contribution in [0, 0.1) is 28.1 Å². The second-order valence-electron chi connectivity index (χ2n) is 12.6. The molecule has 41 heavy (non-hydrogen) atoms. The van der Waals surface area contributed by atoms with Crippen molar-refractivity contribution in [1.82, 2.24) is 0 Å². The van der Waals surface area contributed by atoms with E-state index >= 15 is 0 Å². The van der Waals surface area contributed by atoms with Gasteiger partial charge < -0.3 is 24.4 Å². The highest BCUT2D eigenvalue weighted by molar-refractivity contribution is 6.06. The lowest BCUT2D eigenvalue weighted by Crippen LogP contribution is -2.80. The molecule has 10 heteroatoms. The van der Waals surface area contributed by atoms with Gasteiger partial charge in [0.15, 0.2) is 17.5 Å². The zero-order valence-electron chi connectivity index (χ0n) is 24.2. The number of aliphatic hydroxyl groups excluding tert-OH is 1. The summed E-state index contributed by atoms with van der Waals surface area (Å²) >= 11 is 0. The van der Waals surface area contributed by atoms with Crippen LogP contribution in [0.1, 0.15) is 64.7 Å². The summed E-state index contributed by atoms with van der Waals surface area (Å²) in [6.45, 7) is 12.5. The van der Waals surface area contributed by atoms with Crippen molar-refractivity contribution in [3.05, 3.63) is 48.6 Å². The number of aliphatic hydroxyl groups is 2. The minimum Gasteiger partial charge on any atom is -0.459 e. The number of hydrogen-bond acceptors (Lipinski definition) is 10. The van der Waals surface area contributed by atoms with Gasteiger partial charge in [-0.1, -0.05) is 45.0 Å². The molecule has 9 atom stereocenters. The summed E-state index contributed by atoms with van der Waals surface area (Å²) in [6.07, 6.45) is -4.91. The van der Waals surface area contributed by atoms with Crippen LogP contribution >= 0.6 is 0 Å². The summed E-state index contributed by atoms with van der Waals surface area (Å²) in [4.78, 5) is 66.2. The number of benzene rings is 1. The van der Waals surface area contributed by atoms with Gasteiger partial charge >= 0.3 is 17.9 Å². The Morgan fingerprint density at radius 1 is 0.976 bits per heavy atom. The molecule has 0 spiro atoms. The molecule has 1 aromatic carbocycles. The highest BCUT2D eigenvalue weighted by atomic mass is 16.6. The predicted molar refractivity (Wildman–Crippen MR) is 144 cm³/mol. The van der Waals surface area contributed by atoms with Crippen molar-refractivity contribution in [2.24, 2.45) is 28.1 Å². The third-order valence-electron chi connectivity index (χ3n) is 9.69. The topological polar surface area (TPSA) is 153 Å². The molecule has 3 aliphatic rings. The smallest absolute Gasteiger partial charge is 0.338 e. The van der Waals surface area contributed by atoms with E-state index in [4.69, 9.17) is 14.2 Å². The first-order valence-corrected chi connectivity index (χ1v) is 13.7. The van der Waals surface area contributed by atoms with E-state index in [-0.39, 0.29) is 18.4 Å². The summed E-state index contributed by atoms with van der Waals surface area (Å²) < 4.78 is 17.2. The lowest BCUT2D eigenvalue weighted by molar-refractivity contribution is -0.293. The minimum absolute atomic E-state index is 0.147. The summed E-state index contributed by atoms with van der Waals surface area (Å²) in [5.74, 6) is -5.93. The van der Waals surface area contributed by atoms with Crippen molar-refractivity contribution in [2.45, 2.75) is 84.4 Å². The van der Waals surface area contributed by atoms with Gasteiger partial charge in [-0.3, -0.25) is 19.2 Å². The molecule has 0 heterocycles. The zero-order chi connectivity index (χ0) is 30.7. The van der Waals surface area contributed by atoms with Gasteiger partial charge in [-0.15, -0.1) is 6.58 Å². The first-order valence-electron chi connectivity index (χ1n) is 13.7. The Balaban J connectivity index is 1.99. The van der Waals surface area contributed by atoms with Gasteiger partial charge in [0, 0.05) is 25.7 Å². The first kappa shape index (κ1) is 30.6. The molecule has 0 aromatic heterocycles. The Labute approximate surface area is 239 Å². The number of carbonyl (C=O) groups excluding carboxylic acids is 5. The molecule has 10 nitrogen and oxygen atoms in total. The number of rotatable bonds is 5. The van der Waals surface area contributed by atoms with E-state index in [0.29, 0.717) is 0 Å². The van der Waals surface area contributed by atoms with Gasteiger partial charge in [-0.2, -0.15) is 0 Å². The van der Waals surface area contributed by atoms with Crippen molar-refractivity contribution in [1.29, 1.82) is 0 Å². The van der Waals surface area contributed by atoms with Crippen LogP contribution in [0.3, 0.4) is 0 Å². The molecule has 0 saturated heterocycles. The quantitative estimate of drug-likeness (QED) is 0.307. The van der Waals surface area contributed by atoms with Crippen molar-refractivity contribution < 1.29 is 48.4 Å². The number of ketones is 2. The molecule has 222 valence electrons. The highest BCUT2D eigenvalue weighted by Gasteiger charge is 2.78. The van der Waals surface area contributed by atoms with E-state index in [9.17, 15) is 34.2 Å². The maximum atomic E-state index is 14.2. The third-order valence-corrected chi connectivity index (χ3v) is 9.69. The van der Waals surface area contributed by atoms with Gasteiger partial charge in [0.25, 0.3) is 0 Å². The minimum atomic E-state index is -2.52. The van der Waals surface area contributed by atoms with Crippen LogP contribution in [0.2, 0.25) is 0 Å². The van der Waals surface area contributed by atoms with Gasteiger partial charge in [0.1, 0.15) is 24.1 Å². The molecule has 9 unspecified atom stereocenters. The van der Waals surface area contributed by atoms with Gasteiger partial charge in [-0.25, -0.2) is 4.79 Å². The predicted octanol–water partition coefficient (Wildman–Crippen LogP) is 2.58. The SMILES string of the molecule is C=CC1(C)CC(=O)C2C(O)(C1=O)C(OC(C)=O)CC1C(C)(C)C(O)C(OC(C)=O)C(OC(=O)c3ccccc3)C12C. The van der Waals surface area contributed by atoms with Gasteiger partial charge in [0.05, 0.1) is 16.9 Å². The number of hydrogen-bond donors (Lipinski definition) is 2. The molecule has 3 fully saturated rings. The van der Waals surface area contributed by atoms with E-state index in [1.54, 1.807) is 39.0 Å². The number of esters is 3. The number of ether oxygens (including phenoxy) is 3. The van der Waals surface area contributed by atoms with E-state index < -0.39 is 87.6 Å². The molecular formula is C31H38O10. The molecule has 0 radical (unpaired) electrons. The first-order chi connectivity index (χ1) is 19.0. The summed E-state index contributed by atoms with van der Waals surface area (Å²) in [5.41, 5.74) is -6.51. The van der Waals surface area contributed by atoms with Crippen LogP contribution in [0.25, 0.3) is 0 Å². The van der Waals surface area contributed by atoms with Crippen molar-refractivity contribution in [3.63, 3.8) is 0 Å². The molecule has 0 bridgehead atoms. The Morgan fingerprint density at radius 2 is 1.56 bits per heavy atom. The Morgan fingerprint density at radius 3 is 2.10 bits per heavy atom. The fourth-order valence-electron chi connectivity index (χ4n) is 7.77. The monoisotopic (exact) mass is 570 g/mol. The molecule has 3 aliphatic carbocycles. The van der Waals surface area contributed by atoms with Gasteiger partial charge in [0.2, 0.25) is 0 Å². The van der Waals surface area contributed by atoms with E-state index in [2.05, 4.69) is 6.58 Å². The lowest BCUT2D eigenvalue weighted by Gasteiger charge is -2.67. The standard InChI is InChI=1S/C31H38O10/c1-8-29(6)15-19(34)23-30(7)20(14-21(39-16(2)32)31(23,38)27(29)37)28(4,5)24(35)22(40-17(3)33)25(30)41-26(36)18-12-10-9-11-13-18/h8-13,20-25,35,38H,1,14-15H2,2-7H3. The molecule has 2 N–H and O–H groups in total. The Kier molecular flexibility index (Phi) is 7.58. The molecule has 0 amide bonds. The van der Waals surface area contributed by atoms with Crippen LogP contribution in [-0.4, -0.2) is 69.7 Å². The molecule has 0 aliphatic heterocycles. The highest BCUT2D eigenvalue weighted by Crippen LogP contribution is 2.66. The normalized spacial score (nSPS) is 39.5. The second-order valence-corrected chi connectivity index (χ2v) is 12.6. The summed E-state index contributed by atoms with van der Waals surface area (Å²) in [7, 11) is 0. The van der Waals surface area contributed by atoms with E-state index in [1.807, 2.05) is 0 Å². The van der Waals surface area contributed by atoms with E-state index in [0.717, 1.165) is 13.8 Å². The van der Waals surface area contributed by atoms with E-state index in [1.165, 1.54) is 25.1 Å². The molecule has 4 rings (SSSR count). The lowest BCUT2D eigenvalue weighted by atomic mass is 9.39. The third kappa shape index (κ3) is 4.52. The van der Waals surface area contributed by atoms with Crippen LogP contribution < -0.4 is 0 Å². The average molecular weight is 571 g/mol. The summed E-state index contributed by atoms with van der Waals surface area (Å²) in [6, 6.07) is 8.01. The maximum absolute atomic E-state index is 14.2. The van der Waals surface area contributed by atoms with Crippen molar-refractivity contribution in [2.75, 3.05) is 0 Å². The fourth-order valence-corrected chi connectivity index (χ4v) is 7.77. The van der Waals surface area contributed by atoms with Crippen LogP contribution in [0.5, 0.6) is 0 Å². The van der Waals surface area contributed by atoms with Crippen LogP contribution in [-0.2, 0) is 33.4 Å². The zero-order valence-corrected chi connectivity index (χ0v) is 24.2. The van der Waals surface area contributed by atoms with Gasteiger partial charge in [-0.05, 0) is 36.8 Å². The van der Waals surface area contributed by atoms with Crippen LogP contribution in [0.4, 0.5) is 0 Å². The fraction of sp³-hybridized carbons (Fsp3) is 0.581. The second kappa shape index (κ2) is 10.2. The number of allylic oxidation sites excluding steroid dienone is 1. The number of fused-ring (bicyclic) bond motifs is 3. The number of carbonyl (C=O) groups is 5. The Hall–Kier alpha value is -3.37. The maximum Gasteiger partial charge on any atom is 0.338 e. The largest absolute Gasteiger partial charge is 0.459 e. The van der Waals surface area contributed by atoms with Crippen molar-refractivity contribution in [3.8, 4) is 0 Å². The van der Waals surface area contributed by atoms with Crippen molar-refractivity contribution >= 4 is 29.5 Å².